The van der Waals surface area contributed by atoms with Crippen molar-refractivity contribution in [1.82, 2.24) is 24.9 Å². The normalized spacial score (nSPS) is 20.2. The van der Waals surface area contributed by atoms with E-state index in [1.807, 2.05) is 110 Å². The van der Waals surface area contributed by atoms with Crippen LogP contribution in [-0.4, -0.2) is 177 Å². The van der Waals surface area contributed by atoms with E-state index in [-0.39, 0.29) is 110 Å². The highest BCUT2D eigenvalue weighted by atomic mass is 16.7. The molecule has 2 aliphatic heterocycles. The molecule has 2 heterocycles. The number of nitrogens with one attached hydrogen (secondary N) is 1. The zero-order valence-corrected chi connectivity index (χ0v) is 48.8. The molecule has 3 rings (SSSR count). The fourth-order valence-electron chi connectivity index (χ4n) is 11.3. The van der Waals surface area contributed by atoms with Crippen LogP contribution in [0.5, 0.6) is 0 Å². The molecule has 0 aromatic heterocycles. The summed E-state index contributed by atoms with van der Waals surface area (Å²) >= 11 is 0. The summed E-state index contributed by atoms with van der Waals surface area (Å²) in [5.41, 5.74) is 0.721. The zero-order valence-electron chi connectivity index (χ0n) is 48.8. The van der Waals surface area contributed by atoms with Crippen LogP contribution >= 0.6 is 0 Å². The number of alkyl carbamates (subject to hydrolysis) is 1. The molecule has 4 unspecified atom stereocenters. The Balaban J connectivity index is 1.69. The molecule has 0 spiro atoms. The summed E-state index contributed by atoms with van der Waals surface area (Å²) in [6.45, 7) is 20.2. The van der Waals surface area contributed by atoms with Gasteiger partial charge in [0, 0.05) is 84.0 Å². The molecule has 18 nitrogen and oxygen atoms in total. The van der Waals surface area contributed by atoms with Crippen molar-refractivity contribution in [2.45, 2.75) is 182 Å². The van der Waals surface area contributed by atoms with E-state index in [1.165, 1.54) is 12.0 Å². The van der Waals surface area contributed by atoms with Gasteiger partial charge in [0.1, 0.15) is 24.5 Å². The first-order valence-electron chi connectivity index (χ1n) is 28.0. The van der Waals surface area contributed by atoms with Crippen molar-refractivity contribution < 1.29 is 62.4 Å². The molecular weight excluding hydrogens is 975 g/mol. The van der Waals surface area contributed by atoms with Gasteiger partial charge in [-0.25, -0.2) is 9.59 Å². The van der Waals surface area contributed by atoms with Crippen molar-refractivity contribution in [2.75, 3.05) is 68.2 Å². The lowest BCUT2D eigenvalue weighted by molar-refractivity contribution is -0.181. The van der Waals surface area contributed by atoms with E-state index < -0.39 is 66.5 Å². The molecule has 1 aromatic carbocycles. The van der Waals surface area contributed by atoms with Crippen LogP contribution in [0.1, 0.15) is 145 Å². The first-order valence-corrected chi connectivity index (χ1v) is 28.0. The number of ether oxygens (including phenoxy) is 5. The van der Waals surface area contributed by atoms with E-state index in [4.69, 9.17) is 23.7 Å². The van der Waals surface area contributed by atoms with Crippen LogP contribution in [0.25, 0.3) is 0 Å². The second-order valence-electron chi connectivity index (χ2n) is 22.4. The second-order valence-corrected chi connectivity index (χ2v) is 22.4. The monoisotopic (exact) mass is 1070 g/mol. The Hall–Kier alpha value is -4.49. The molecule has 2 saturated heterocycles. The molecule has 0 aliphatic carbocycles. The quantitative estimate of drug-likeness (QED) is 0.0532. The van der Waals surface area contributed by atoms with Gasteiger partial charge in [-0.3, -0.25) is 28.9 Å². The number of amides is 4. The minimum Gasteiger partial charge on any atom is -0.456 e. The van der Waals surface area contributed by atoms with E-state index in [0.29, 0.717) is 32.4 Å². The van der Waals surface area contributed by atoms with E-state index in [1.54, 1.807) is 19.1 Å². The minimum atomic E-state index is -0.876. The Morgan fingerprint density at radius 2 is 1.41 bits per heavy atom. The van der Waals surface area contributed by atoms with Gasteiger partial charge in [0.05, 0.1) is 37.3 Å². The van der Waals surface area contributed by atoms with Crippen LogP contribution in [0.4, 0.5) is 4.79 Å². The number of nitrogens with zero attached hydrogens (tertiary/aromatic N) is 4. The van der Waals surface area contributed by atoms with Gasteiger partial charge in [-0.05, 0) is 75.4 Å². The van der Waals surface area contributed by atoms with Crippen LogP contribution in [0.15, 0.2) is 30.3 Å². The SMILES string of the molecule is CCC(CO)OC(COC(=O)NCCC(=O)N1CCCC1C(=O)O[C@@H](c1ccccc1)[C@@H](C)CC(=O)[C@H](C)[C@@H](C)[C@@H]1CCCN1C(=O)C[C@@H](OC)[C@H]([C@@H](C)CC)N(C)C(=O)C(CC(=O)[C@H](C(C)C)N(C)C)C(C)C)OC. The molecule has 4 amide bonds. The summed E-state index contributed by atoms with van der Waals surface area (Å²) in [7, 11) is 8.53. The van der Waals surface area contributed by atoms with Crippen molar-refractivity contribution in [3.05, 3.63) is 35.9 Å². The van der Waals surface area contributed by atoms with Gasteiger partial charge in [0.15, 0.2) is 12.1 Å². The maximum Gasteiger partial charge on any atom is 0.407 e. The number of likely N-dealkylation sites (tertiary alicyclic amines) is 2. The lowest BCUT2D eigenvalue weighted by Crippen LogP contribution is -2.53. The van der Waals surface area contributed by atoms with Crippen molar-refractivity contribution in [2.24, 2.45) is 41.4 Å². The molecule has 0 radical (unpaired) electrons. The lowest BCUT2D eigenvalue weighted by Gasteiger charge is -2.41. The molecule has 2 N–H and O–H groups in total. The number of carbonyl (C=O) groups excluding carboxylic acids is 7. The standard InChI is InChI=1S/C58H97N5O13/c1-16-38(7)54(61(13)56(69)44(36(3)4)32-48(66)53(37(5)6)60(11)12)49(72-14)33-51(68)62-29-21-25-45(62)40(9)41(10)47(65)31-39(8)55(42-23-19-18-20-24-42)76-57(70)46-26-22-30-63(46)50(67)27-28-59-58(71)74-35-52(73-15)75-43(17-2)34-64/h18-20,23-24,36-41,43-46,49,52-55,64H,16-17,21-22,25-35H2,1-15H3,(H,59,71)/t38-,39-,40+,41+,43?,44?,45-,46?,49+,52?,53-,54-,55+/m0/s1. The maximum atomic E-state index is 14.5. The number of hydrogen-bond donors (Lipinski definition) is 2. The maximum absolute atomic E-state index is 14.5. The van der Waals surface area contributed by atoms with E-state index in [0.717, 1.165) is 24.8 Å². The summed E-state index contributed by atoms with van der Waals surface area (Å²) < 4.78 is 28.3. The molecule has 2 fully saturated rings. The average molecular weight is 1070 g/mol. The third-order valence-corrected chi connectivity index (χ3v) is 16.1. The van der Waals surface area contributed by atoms with Crippen LogP contribution in [0.3, 0.4) is 0 Å². The number of carbonyl (C=O) groups is 7. The summed E-state index contributed by atoms with van der Waals surface area (Å²) in [5, 5.41) is 12.0. The third kappa shape index (κ3) is 18.6. The van der Waals surface area contributed by atoms with E-state index >= 15 is 0 Å². The van der Waals surface area contributed by atoms with Crippen LogP contribution in [0, 0.1) is 41.4 Å². The van der Waals surface area contributed by atoms with Gasteiger partial charge < -0.3 is 48.8 Å². The van der Waals surface area contributed by atoms with Crippen molar-refractivity contribution in [1.29, 1.82) is 0 Å². The van der Waals surface area contributed by atoms with Crippen molar-refractivity contribution in [3.8, 4) is 0 Å². The fourth-order valence-corrected chi connectivity index (χ4v) is 11.3. The Kier molecular flexibility index (Phi) is 28.1. The number of hydrogen-bond acceptors (Lipinski definition) is 14. The second kappa shape index (κ2) is 32.4. The summed E-state index contributed by atoms with van der Waals surface area (Å²) in [5.74, 6) is -2.75. The number of ketones is 2. The summed E-state index contributed by atoms with van der Waals surface area (Å²) in [6, 6.07) is 7.48. The Labute approximate surface area is 454 Å². The average Bonchev–Trinajstić information content (AvgIpc) is 4.10. The Morgan fingerprint density at radius 3 is 1.97 bits per heavy atom. The first kappa shape index (κ1) is 65.8. The van der Waals surface area contributed by atoms with Crippen molar-refractivity contribution in [3.63, 3.8) is 0 Å². The molecule has 1 aromatic rings. The summed E-state index contributed by atoms with van der Waals surface area (Å²) in [6.07, 6.45) is 0.454. The number of rotatable bonds is 33. The predicted molar refractivity (Wildman–Crippen MR) is 291 cm³/mol. The minimum absolute atomic E-state index is 0.0178. The number of esters is 1. The zero-order chi connectivity index (χ0) is 57.0. The number of aliphatic hydroxyl groups is 1. The van der Waals surface area contributed by atoms with Gasteiger partial charge in [-0.1, -0.05) is 106 Å². The highest BCUT2D eigenvalue weighted by Crippen LogP contribution is 2.36. The molecule has 432 valence electrons. The highest BCUT2D eigenvalue weighted by molar-refractivity contribution is 5.90. The lowest BCUT2D eigenvalue weighted by atomic mass is 9.80. The summed E-state index contributed by atoms with van der Waals surface area (Å²) in [4.78, 5) is 104. The van der Waals surface area contributed by atoms with Gasteiger partial charge in [0.2, 0.25) is 17.7 Å². The predicted octanol–water partition coefficient (Wildman–Crippen LogP) is 7.09. The highest BCUT2D eigenvalue weighted by Gasteiger charge is 2.43. The smallest absolute Gasteiger partial charge is 0.407 e. The van der Waals surface area contributed by atoms with Crippen molar-refractivity contribution >= 4 is 41.4 Å². The van der Waals surface area contributed by atoms with Crippen LogP contribution in [-0.2, 0) is 52.5 Å². The number of methoxy groups -OCH3 is 2. The Morgan fingerprint density at radius 1 is 0.763 bits per heavy atom. The third-order valence-electron chi connectivity index (χ3n) is 16.1. The topological polar surface area (TPSA) is 211 Å². The van der Waals surface area contributed by atoms with E-state index in [2.05, 4.69) is 19.2 Å². The Bertz CT molecular complexity index is 1980. The van der Waals surface area contributed by atoms with E-state index in [9.17, 15) is 38.7 Å². The first-order chi connectivity index (χ1) is 36.0. The molecule has 0 bridgehead atoms. The molecule has 2 aliphatic rings. The number of likely N-dealkylation sites (N-methyl/N-ethyl adjacent to an activating group) is 2. The van der Waals surface area contributed by atoms with Crippen LogP contribution < -0.4 is 5.32 Å². The number of benzene rings is 1. The fraction of sp³-hybridized carbons (Fsp3) is 0.776. The number of Topliss-reactive ketones (excluding diaryl/α,β-unsaturated/α-hetero) is 2. The van der Waals surface area contributed by atoms with Gasteiger partial charge in [-0.2, -0.15) is 0 Å². The molecule has 13 atom stereocenters. The van der Waals surface area contributed by atoms with Gasteiger partial charge in [0.25, 0.3) is 0 Å². The molecule has 76 heavy (non-hydrogen) atoms. The largest absolute Gasteiger partial charge is 0.456 e. The molecule has 0 saturated carbocycles. The van der Waals surface area contributed by atoms with Gasteiger partial charge >= 0.3 is 12.1 Å². The number of aliphatic hydroxyl groups excluding tert-OH is 1. The van der Waals surface area contributed by atoms with Gasteiger partial charge in [-0.15, -0.1) is 0 Å². The molecular formula is C58H97N5O13. The molecule has 18 heteroatoms. The van der Waals surface area contributed by atoms with Crippen LogP contribution in [0.2, 0.25) is 0 Å².